The number of nitrogens with zero attached hydrogens (tertiary/aromatic N) is 7. The number of benzene rings is 2. The average molecular weight is 1080 g/mol. The van der Waals surface area contributed by atoms with Gasteiger partial charge in [-0.05, 0) is 92.4 Å². The number of ketones is 1. The number of anilines is 2. The van der Waals surface area contributed by atoms with E-state index in [1.165, 1.54) is 28.0 Å². The molecule has 0 unspecified atom stereocenters. The number of nitrogens with two attached hydrogens (primary N) is 1. The zero-order valence-electron chi connectivity index (χ0n) is 45.9. The molecule has 21 heteroatoms. The third-order valence-corrected chi connectivity index (χ3v) is 14.8. The molecule has 5 amide bonds. The molecule has 418 valence electrons. The molecule has 4 aromatic rings. The van der Waals surface area contributed by atoms with Crippen LogP contribution >= 0.6 is 0 Å². The number of carbonyl (C=O) groups excluding carboxylic acids is 6. The van der Waals surface area contributed by atoms with Crippen LogP contribution in [-0.2, 0) is 46.5 Å². The standard InChI is InChI=1S/C57H75FN12O8/c1-9-43(36-15-11-10-12-16-36)64-54(74)47-31-39(33-69(47)56(76)50(57(3,4)5)65-53(73)35(2)60-6)63-48(72)22-26-78-28-27-77-25-21-40(71)17-13-24-70-52(61-7)49-37-29-46(51(59)62-32-37)68-23-14-18-45(68)42-30-38(58)19-20-41(42)55(75)67(8)34-44(49)66-70/h10-12,15-16,19-20,29-30,32,35,39,43,45,47,50,60H,9,13-14,17-18,21-28,31,33-34H2,1-6,8H3,(H2,59,62)(H,63,72)(H,64,74)(H,65,73)/t35-,39-,43+,45-,47-,50+/m1/s1. The van der Waals surface area contributed by atoms with Gasteiger partial charge in [0.05, 0.1) is 63.3 Å². The summed E-state index contributed by atoms with van der Waals surface area (Å²) >= 11 is 0. The lowest BCUT2D eigenvalue weighted by Crippen LogP contribution is -2.59. The van der Waals surface area contributed by atoms with Crippen molar-refractivity contribution in [2.45, 2.75) is 135 Å². The number of likely N-dealkylation sites (tertiary alicyclic amines) is 1. The summed E-state index contributed by atoms with van der Waals surface area (Å²) in [6.45, 7) is 19.1. The Bertz CT molecular complexity index is 2850. The highest BCUT2D eigenvalue weighted by Crippen LogP contribution is 2.44. The monoisotopic (exact) mass is 1070 g/mol. The van der Waals surface area contributed by atoms with E-state index in [1.807, 2.05) is 64.1 Å². The number of Topliss-reactive ketones (excluding diaryl/α,β-unsaturated/α-hetero) is 1. The fraction of sp³-hybridized carbons (Fsp3) is 0.526. The average Bonchev–Trinajstić information content (AvgIpc) is 4.19. The van der Waals surface area contributed by atoms with Gasteiger partial charge in [0.25, 0.3) is 11.7 Å². The number of carbonyl (C=O) groups is 6. The first-order chi connectivity index (χ1) is 37.3. The number of amides is 5. The maximum absolute atomic E-state index is 14.7. The van der Waals surface area contributed by atoms with Gasteiger partial charge in [-0.1, -0.05) is 64.6 Å². The van der Waals surface area contributed by atoms with Crippen molar-refractivity contribution in [3.8, 4) is 11.1 Å². The largest absolute Gasteiger partial charge is 0.382 e. The number of pyridine rings is 1. The molecule has 2 fully saturated rings. The molecule has 6 atom stereocenters. The summed E-state index contributed by atoms with van der Waals surface area (Å²) in [6.07, 6.45) is 4.66. The smallest absolute Gasteiger partial charge is 0.260 e. The molecule has 2 aromatic heterocycles. The van der Waals surface area contributed by atoms with Gasteiger partial charge in [-0.25, -0.2) is 9.37 Å². The molecule has 7 rings (SSSR count). The van der Waals surface area contributed by atoms with Gasteiger partial charge in [0.1, 0.15) is 35.2 Å². The minimum atomic E-state index is -0.948. The fourth-order valence-corrected chi connectivity index (χ4v) is 10.4. The molecular formula is C57H75FN12O8. The van der Waals surface area contributed by atoms with Gasteiger partial charge < -0.3 is 56.0 Å². The molecule has 3 aliphatic heterocycles. The summed E-state index contributed by atoms with van der Waals surface area (Å²) < 4.78 is 27.7. The van der Waals surface area contributed by atoms with Crippen LogP contribution in [0.15, 0.2) is 60.8 Å². The second-order valence-electron chi connectivity index (χ2n) is 21.4. The van der Waals surface area contributed by atoms with E-state index in [0.717, 1.165) is 12.0 Å². The normalized spacial score (nSPS) is 18.3. The number of aryl methyl sites for hydroxylation is 1. The van der Waals surface area contributed by atoms with Gasteiger partial charge in [-0.15, -0.1) is 5.10 Å². The number of likely N-dealkylation sites (N-methyl/N-ethyl adjacent to an activating group) is 1. The first-order valence-corrected chi connectivity index (χ1v) is 27.0. The topological polar surface area (TPSA) is 240 Å². The molecule has 0 spiro atoms. The first-order valence-electron chi connectivity index (χ1n) is 27.0. The number of nitrogens with one attached hydrogen (secondary N) is 4. The highest BCUT2D eigenvalue weighted by atomic mass is 19.1. The predicted molar refractivity (Wildman–Crippen MR) is 292 cm³/mol. The Balaban J connectivity index is 0.876. The molecule has 0 saturated carbocycles. The molecular weight excluding hydrogens is 1000 g/mol. The van der Waals surface area contributed by atoms with Crippen molar-refractivity contribution in [1.29, 1.82) is 0 Å². The Morgan fingerprint density at radius 1 is 0.987 bits per heavy atom. The van der Waals surface area contributed by atoms with E-state index in [-0.39, 0.29) is 125 Å². The summed E-state index contributed by atoms with van der Waals surface area (Å²) in [5, 5.41) is 16.7. The number of hydrogen-bond acceptors (Lipinski definition) is 13. The van der Waals surface area contributed by atoms with E-state index < -0.39 is 41.3 Å². The molecule has 5 heterocycles. The maximum Gasteiger partial charge on any atom is 0.260 e. The number of halogens is 1. The summed E-state index contributed by atoms with van der Waals surface area (Å²) in [7, 11) is 3.31. The zero-order chi connectivity index (χ0) is 56.3. The predicted octanol–water partition coefficient (Wildman–Crippen LogP) is 5.80. The van der Waals surface area contributed by atoms with E-state index in [9.17, 15) is 33.2 Å². The van der Waals surface area contributed by atoms with E-state index in [0.29, 0.717) is 59.4 Å². The lowest BCUT2D eigenvalue weighted by Gasteiger charge is -2.36. The van der Waals surface area contributed by atoms with E-state index in [2.05, 4.69) is 36.0 Å². The molecule has 6 N–H and O–H groups in total. The van der Waals surface area contributed by atoms with Crippen molar-refractivity contribution in [2.24, 2.45) is 5.41 Å². The molecule has 0 aliphatic carbocycles. The molecule has 2 aromatic carbocycles. The Labute approximate surface area is 456 Å². The van der Waals surface area contributed by atoms with Crippen molar-refractivity contribution >= 4 is 52.6 Å². The van der Waals surface area contributed by atoms with Gasteiger partial charge in [0, 0.05) is 62.8 Å². The van der Waals surface area contributed by atoms with Crippen LogP contribution in [0.5, 0.6) is 0 Å². The van der Waals surface area contributed by atoms with Crippen LogP contribution in [-0.4, -0.2) is 138 Å². The molecule has 0 radical (unpaired) electrons. The first kappa shape index (κ1) is 58.4. The zero-order valence-corrected chi connectivity index (χ0v) is 45.9. The van der Waals surface area contributed by atoms with Gasteiger partial charge in [0.15, 0.2) is 0 Å². The fourth-order valence-electron chi connectivity index (χ4n) is 10.4. The van der Waals surface area contributed by atoms with Crippen LogP contribution in [0.25, 0.3) is 16.0 Å². The van der Waals surface area contributed by atoms with E-state index in [4.69, 9.17) is 26.9 Å². The number of ether oxygens (including phenoxy) is 2. The highest BCUT2D eigenvalue weighted by Gasteiger charge is 2.46. The van der Waals surface area contributed by atoms with Crippen molar-refractivity contribution < 1.29 is 42.6 Å². The number of aromatic nitrogens is 3. The van der Waals surface area contributed by atoms with Crippen LogP contribution in [0.4, 0.5) is 21.7 Å². The summed E-state index contributed by atoms with van der Waals surface area (Å²) in [5.74, 6) is -1.69. The Hall–Kier alpha value is -7.28. The summed E-state index contributed by atoms with van der Waals surface area (Å²) in [6, 6.07) is 12.1. The minimum Gasteiger partial charge on any atom is -0.382 e. The van der Waals surface area contributed by atoms with Crippen LogP contribution in [0.1, 0.15) is 125 Å². The van der Waals surface area contributed by atoms with Gasteiger partial charge >= 0.3 is 0 Å². The highest BCUT2D eigenvalue weighted by molar-refractivity contribution is 5.97. The van der Waals surface area contributed by atoms with Gasteiger partial charge in [-0.3, -0.25) is 28.8 Å². The Kier molecular flexibility index (Phi) is 19.8. The molecule has 2 bridgehead atoms. The molecule has 20 nitrogen and oxygen atoms in total. The Morgan fingerprint density at radius 3 is 2.41 bits per heavy atom. The van der Waals surface area contributed by atoms with Crippen molar-refractivity contribution in [2.75, 3.05) is 64.2 Å². The van der Waals surface area contributed by atoms with Gasteiger partial charge in [0.2, 0.25) is 23.6 Å². The number of rotatable bonds is 22. The minimum absolute atomic E-state index is 0.0192. The SMILES string of the molecule is [C-]#[N+]c1c2c(nn1CCCC(=O)CCOCCOCCC(=O)N[C@@H]1C[C@H](C(=O)N[C@@H](CC)c3ccccc3)N(C(=O)[C@H](NC(=O)[C@@H](C)NC)C(C)(C)C)C1)CN(C)C(=O)c1ccc(F)cc1[C@H]1CCCN1c1cc-2cnc1N. The van der Waals surface area contributed by atoms with Crippen molar-refractivity contribution in [3.63, 3.8) is 0 Å². The quantitative estimate of drug-likeness (QED) is 0.0463. The number of fused-ring (bicyclic) bond motifs is 8. The van der Waals surface area contributed by atoms with Crippen LogP contribution < -0.4 is 31.9 Å². The summed E-state index contributed by atoms with van der Waals surface area (Å²) in [4.78, 5) is 95.2. The van der Waals surface area contributed by atoms with Crippen molar-refractivity contribution in [1.82, 2.24) is 45.8 Å². The van der Waals surface area contributed by atoms with E-state index in [1.54, 1.807) is 31.9 Å². The summed E-state index contributed by atoms with van der Waals surface area (Å²) in [5.41, 5.74) is 9.89. The second kappa shape index (κ2) is 26.4. The lowest BCUT2D eigenvalue weighted by atomic mass is 9.85. The third-order valence-electron chi connectivity index (χ3n) is 14.8. The van der Waals surface area contributed by atoms with Gasteiger partial charge in [-0.2, -0.15) is 4.68 Å². The maximum atomic E-state index is 14.7. The Morgan fingerprint density at radius 2 is 1.72 bits per heavy atom. The molecule has 3 aliphatic rings. The van der Waals surface area contributed by atoms with Crippen LogP contribution in [0.3, 0.4) is 0 Å². The molecule has 2 saturated heterocycles. The third kappa shape index (κ3) is 14.1. The van der Waals surface area contributed by atoms with Crippen LogP contribution in [0.2, 0.25) is 0 Å². The van der Waals surface area contributed by atoms with E-state index >= 15 is 0 Å². The van der Waals surface area contributed by atoms with Crippen LogP contribution in [0, 0.1) is 17.8 Å². The second-order valence-corrected chi connectivity index (χ2v) is 21.4. The number of hydrogen-bond donors (Lipinski definition) is 5. The van der Waals surface area contributed by atoms with Crippen molar-refractivity contribution in [3.05, 3.63) is 100 Å². The molecule has 78 heavy (non-hydrogen) atoms. The number of nitrogen functional groups attached to an aromatic ring is 1. The lowest BCUT2D eigenvalue weighted by molar-refractivity contribution is -0.144.